The van der Waals surface area contributed by atoms with E-state index < -0.39 is 0 Å². The van der Waals surface area contributed by atoms with Gasteiger partial charge in [0.25, 0.3) is 0 Å². The van der Waals surface area contributed by atoms with Crippen molar-refractivity contribution in [2.24, 2.45) is 10.9 Å². The SMILES string of the molecule is Cc1cc(Cl)cc2c1N=CC21CN[C@@H](CC2CCCCC2)N1. The first kappa shape index (κ1) is 14.7. The fraction of sp³-hybridized carbons (Fsp3) is 0.611. The molecule has 2 aliphatic heterocycles. The summed E-state index contributed by atoms with van der Waals surface area (Å²) in [7, 11) is 0. The van der Waals surface area contributed by atoms with Crippen LogP contribution in [0.5, 0.6) is 0 Å². The zero-order valence-electron chi connectivity index (χ0n) is 13.2. The number of nitrogens with one attached hydrogen (secondary N) is 2. The first-order valence-electron chi connectivity index (χ1n) is 8.53. The maximum Gasteiger partial charge on any atom is 0.0953 e. The highest BCUT2D eigenvalue weighted by Crippen LogP contribution is 2.41. The summed E-state index contributed by atoms with van der Waals surface area (Å²) < 4.78 is 0. The predicted octanol–water partition coefficient (Wildman–Crippen LogP) is 4.05. The molecule has 0 aromatic heterocycles. The minimum Gasteiger partial charge on any atom is -0.299 e. The third kappa shape index (κ3) is 2.49. The van der Waals surface area contributed by atoms with Gasteiger partial charge in [0.05, 0.1) is 17.4 Å². The van der Waals surface area contributed by atoms with E-state index in [0.29, 0.717) is 6.17 Å². The topological polar surface area (TPSA) is 36.4 Å². The Morgan fingerprint density at radius 2 is 2.09 bits per heavy atom. The van der Waals surface area contributed by atoms with Crippen molar-refractivity contribution in [1.29, 1.82) is 0 Å². The van der Waals surface area contributed by atoms with Crippen LogP contribution < -0.4 is 10.6 Å². The van der Waals surface area contributed by atoms with Gasteiger partial charge in [-0.1, -0.05) is 43.7 Å². The van der Waals surface area contributed by atoms with Gasteiger partial charge in [0.15, 0.2) is 0 Å². The van der Waals surface area contributed by atoms with Gasteiger partial charge in [-0.25, -0.2) is 0 Å². The molecule has 1 spiro atoms. The van der Waals surface area contributed by atoms with Crippen LogP contribution in [0.15, 0.2) is 17.1 Å². The number of aliphatic imine (C=N–C) groups is 1. The molecule has 0 bridgehead atoms. The average Bonchev–Trinajstić information content (AvgIpc) is 3.06. The molecule has 1 aromatic rings. The Labute approximate surface area is 137 Å². The van der Waals surface area contributed by atoms with Gasteiger partial charge in [-0.05, 0) is 37.0 Å². The number of fused-ring (bicyclic) bond motifs is 2. The number of halogens is 1. The summed E-state index contributed by atoms with van der Waals surface area (Å²) in [5.74, 6) is 0.868. The van der Waals surface area contributed by atoms with Gasteiger partial charge in [0, 0.05) is 23.3 Å². The Bertz CT molecular complexity index is 607. The zero-order chi connectivity index (χ0) is 15.2. The minimum absolute atomic E-state index is 0.162. The largest absolute Gasteiger partial charge is 0.299 e. The second-order valence-electron chi connectivity index (χ2n) is 7.17. The third-order valence-corrected chi connectivity index (χ3v) is 5.73. The van der Waals surface area contributed by atoms with Gasteiger partial charge in [-0.3, -0.25) is 15.6 Å². The molecule has 4 heteroatoms. The van der Waals surface area contributed by atoms with Crippen molar-refractivity contribution in [2.45, 2.75) is 57.2 Å². The highest BCUT2D eigenvalue weighted by Gasteiger charge is 2.43. The van der Waals surface area contributed by atoms with Crippen LogP contribution in [-0.4, -0.2) is 18.9 Å². The molecule has 1 aliphatic carbocycles. The molecule has 1 saturated heterocycles. The third-order valence-electron chi connectivity index (χ3n) is 5.51. The first-order valence-corrected chi connectivity index (χ1v) is 8.91. The quantitative estimate of drug-likeness (QED) is 0.863. The Kier molecular flexibility index (Phi) is 3.75. The second kappa shape index (κ2) is 5.63. The lowest BCUT2D eigenvalue weighted by atomic mass is 9.86. The van der Waals surface area contributed by atoms with Gasteiger partial charge < -0.3 is 0 Å². The van der Waals surface area contributed by atoms with Crippen molar-refractivity contribution in [2.75, 3.05) is 6.54 Å². The van der Waals surface area contributed by atoms with Crippen LogP contribution in [0.3, 0.4) is 0 Å². The summed E-state index contributed by atoms with van der Waals surface area (Å²) in [5.41, 5.74) is 3.32. The van der Waals surface area contributed by atoms with E-state index >= 15 is 0 Å². The van der Waals surface area contributed by atoms with E-state index in [4.69, 9.17) is 11.6 Å². The van der Waals surface area contributed by atoms with Crippen LogP contribution in [0.4, 0.5) is 5.69 Å². The second-order valence-corrected chi connectivity index (χ2v) is 7.60. The van der Waals surface area contributed by atoms with Gasteiger partial charge in [0.1, 0.15) is 0 Å². The normalized spacial score (nSPS) is 31.1. The smallest absolute Gasteiger partial charge is 0.0953 e. The Balaban J connectivity index is 1.52. The molecule has 22 heavy (non-hydrogen) atoms. The molecular formula is C18H24ClN3. The van der Waals surface area contributed by atoms with Crippen molar-refractivity contribution >= 4 is 23.5 Å². The lowest BCUT2D eigenvalue weighted by Crippen LogP contribution is -2.43. The van der Waals surface area contributed by atoms with Crippen molar-refractivity contribution in [1.82, 2.24) is 10.6 Å². The monoisotopic (exact) mass is 317 g/mol. The number of hydrogen-bond donors (Lipinski definition) is 2. The van der Waals surface area contributed by atoms with Crippen LogP contribution in [0.1, 0.15) is 49.7 Å². The molecule has 2 fully saturated rings. The van der Waals surface area contributed by atoms with Crippen LogP contribution in [0, 0.1) is 12.8 Å². The fourth-order valence-corrected chi connectivity index (χ4v) is 4.62. The van der Waals surface area contributed by atoms with Gasteiger partial charge in [-0.15, -0.1) is 0 Å². The lowest BCUT2D eigenvalue weighted by molar-refractivity contribution is 0.294. The van der Waals surface area contributed by atoms with Crippen molar-refractivity contribution < 1.29 is 0 Å². The Hall–Kier alpha value is -0.900. The highest BCUT2D eigenvalue weighted by molar-refractivity contribution is 6.31. The van der Waals surface area contributed by atoms with Crippen LogP contribution in [-0.2, 0) is 5.54 Å². The number of benzene rings is 1. The molecule has 3 aliphatic rings. The number of hydrogen-bond acceptors (Lipinski definition) is 3. The zero-order valence-corrected chi connectivity index (χ0v) is 13.9. The average molecular weight is 318 g/mol. The van der Waals surface area contributed by atoms with Gasteiger partial charge >= 0.3 is 0 Å². The first-order chi connectivity index (χ1) is 10.7. The van der Waals surface area contributed by atoms with Crippen molar-refractivity contribution in [3.63, 3.8) is 0 Å². The minimum atomic E-state index is -0.162. The molecule has 0 amide bonds. The van der Waals surface area contributed by atoms with Crippen LogP contribution in [0.2, 0.25) is 5.02 Å². The molecule has 118 valence electrons. The Morgan fingerprint density at radius 3 is 2.91 bits per heavy atom. The molecule has 2 atom stereocenters. The summed E-state index contributed by atoms with van der Waals surface area (Å²) in [4.78, 5) is 4.67. The summed E-state index contributed by atoms with van der Waals surface area (Å²) in [6.45, 7) is 2.99. The number of rotatable bonds is 2. The standard InChI is InChI=1S/C18H24ClN3/c1-12-7-14(19)9-15-17(12)21-11-18(15)10-20-16(22-18)8-13-5-3-2-4-6-13/h7,9,11,13,16,20,22H,2-6,8,10H2,1H3/t16-,18?/m1/s1. The van der Waals surface area contributed by atoms with E-state index in [-0.39, 0.29) is 5.54 Å². The summed E-state index contributed by atoms with van der Waals surface area (Å²) in [6.07, 6.45) is 10.7. The van der Waals surface area contributed by atoms with Crippen LogP contribution in [0.25, 0.3) is 0 Å². The van der Waals surface area contributed by atoms with Crippen molar-refractivity contribution in [3.8, 4) is 0 Å². The fourth-order valence-electron chi connectivity index (χ4n) is 4.34. The summed E-state index contributed by atoms with van der Waals surface area (Å²) in [6, 6.07) is 4.08. The molecule has 4 rings (SSSR count). The molecule has 2 heterocycles. The highest BCUT2D eigenvalue weighted by atomic mass is 35.5. The maximum absolute atomic E-state index is 6.28. The maximum atomic E-state index is 6.28. The lowest BCUT2D eigenvalue weighted by Gasteiger charge is -2.27. The molecule has 3 nitrogen and oxygen atoms in total. The predicted molar refractivity (Wildman–Crippen MR) is 92.1 cm³/mol. The van der Waals surface area contributed by atoms with Gasteiger partial charge in [-0.2, -0.15) is 0 Å². The molecule has 0 radical (unpaired) electrons. The van der Waals surface area contributed by atoms with E-state index in [0.717, 1.165) is 28.7 Å². The molecule has 1 saturated carbocycles. The van der Waals surface area contributed by atoms with E-state index in [1.807, 2.05) is 6.07 Å². The molecule has 1 aromatic carbocycles. The number of aryl methyl sites for hydroxylation is 1. The molecular weight excluding hydrogens is 294 g/mol. The van der Waals surface area contributed by atoms with Crippen LogP contribution >= 0.6 is 11.6 Å². The summed E-state index contributed by atoms with van der Waals surface area (Å²) in [5, 5.41) is 8.28. The van der Waals surface area contributed by atoms with E-state index in [2.05, 4.69) is 34.8 Å². The summed E-state index contributed by atoms with van der Waals surface area (Å²) >= 11 is 6.28. The molecule has 2 N–H and O–H groups in total. The Morgan fingerprint density at radius 1 is 1.27 bits per heavy atom. The van der Waals surface area contributed by atoms with Gasteiger partial charge in [0.2, 0.25) is 0 Å². The van der Waals surface area contributed by atoms with Crippen molar-refractivity contribution in [3.05, 3.63) is 28.3 Å². The number of nitrogens with zero attached hydrogens (tertiary/aromatic N) is 1. The van der Waals surface area contributed by atoms with E-state index in [1.165, 1.54) is 44.1 Å². The molecule has 1 unspecified atom stereocenters. The van der Waals surface area contributed by atoms with E-state index in [1.54, 1.807) is 0 Å². The van der Waals surface area contributed by atoms with E-state index in [9.17, 15) is 0 Å².